The molecule has 0 amide bonds. The molecular weight excluding hydrogens is 668 g/mol. The standard InChI is InChI=1S/C13H18Br4S6/c1-2-6(14)3-7(15)4-8(16)5-9(17)13-21-10-18-11(22-13)20-12(19-10)23-13/h6-12H,2-5H2,1H3. The summed E-state index contributed by atoms with van der Waals surface area (Å²) in [5.41, 5.74) is 0. The monoisotopic (exact) mass is 682 g/mol. The van der Waals surface area contributed by atoms with Crippen molar-refractivity contribution in [2.45, 2.75) is 67.1 Å². The van der Waals surface area contributed by atoms with Crippen molar-refractivity contribution >= 4 is 134 Å². The molecule has 4 heterocycles. The fourth-order valence-corrected chi connectivity index (χ4v) is 25.7. The predicted octanol–water partition coefficient (Wildman–Crippen LogP) is 8.57. The molecule has 4 rings (SSSR count). The fourth-order valence-electron chi connectivity index (χ4n) is 2.53. The van der Waals surface area contributed by atoms with Gasteiger partial charge in [-0.15, -0.1) is 70.6 Å². The smallest absolute Gasteiger partial charge is 0.111 e. The van der Waals surface area contributed by atoms with E-state index < -0.39 is 0 Å². The van der Waals surface area contributed by atoms with Gasteiger partial charge in [0.25, 0.3) is 0 Å². The molecule has 0 saturated carbocycles. The van der Waals surface area contributed by atoms with E-state index in [0.29, 0.717) is 22.7 Å². The van der Waals surface area contributed by atoms with Crippen molar-refractivity contribution in [1.82, 2.24) is 0 Å². The highest BCUT2D eigenvalue weighted by molar-refractivity contribution is 9.10. The molecule has 0 N–H and O–H groups in total. The zero-order valence-corrected chi connectivity index (χ0v) is 23.6. The van der Waals surface area contributed by atoms with Gasteiger partial charge in [0.1, 0.15) is 15.2 Å². The lowest BCUT2D eigenvalue weighted by atomic mass is 10.1. The van der Waals surface area contributed by atoms with E-state index in [-0.39, 0.29) is 0 Å². The molecule has 0 aromatic carbocycles. The van der Waals surface area contributed by atoms with Crippen LogP contribution in [0.15, 0.2) is 0 Å². The quantitative estimate of drug-likeness (QED) is 0.233. The van der Waals surface area contributed by atoms with Crippen molar-refractivity contribution in [2.75, 3.05) is 0 Å². The van der Waals surface area contributed by atoms with Crippen LogP contribution in [0, 0.1) is 0 Å². The summed E-state index contributed by atoms with van der Waals surface area (Å²) in [6.07, 6.45) is 4.78. The van der Waals surface area contributed by atoms with E-state index in [1.165, 1.54) is 25.7 Å². The molecule has 0 nitrogen and oxygen atoms in total. The lowest BCUT2D eigenvalue weighted by Gasteiger charge is -2.55. The molecule has 4 fully saturated rings. The van der Waals surface area contributed by atoms with Gasteiger partial charge in [0.05, 0.1) is 0 Å². The van der Waals surface area contributed by atoms with Gasteiger partial charge in [0, 0.05) is 19.3 Å². The van der Waals surface area contributed by atoms with Crippen LogP contribution in [0.2, 0.25) is 0 Å². The first-order chi connectivity index (χ1) is 10.9. The van der Waals surface area contributed by atoms with Gasteiger partial charge >= 0.3 is 0 Å². The van der Waals surface area contributed by atoms with E-state index in [1.54, 1.807) is 0 Å². The molecule has 10 heteroatoms. The normalized spacial score (nSPS) is 40.8. The Hall–Kier alpha value is 4.02. The molecule has 4 saturated heterocycles. The molecule has 4 unspecified atom stereocenters. The maximum atomic E-state index is 4.08. The zero-order chi connectivity index (χ0) is 16.6. The Labute approximate surface area is 198 Å². The molecule has 4 aliphatic heterocycles. The number of halogens is 4. The maximum absolute atomic E-state index is 4.08. The SMILES string of the molecule is CCC(Br)CC(Br)CC(Br)CC(Br)C12SC3SC(SC(S3)S1)S2. The van der Waals surface area contributed by atoms with Gasteiger partial charge < -0.3 is 0 Å². The average molecular weight is 686 g/mol. The lowest BCUT2D eigenvalue weighted by molar-refractivity contribution is 0.632. The first-order valence-corrected chi connectivity index (χ1v) is 16.6. The Kier molecular flexibility index (Phi) is 9.14. The van der Waals surface area contributed by atoms with Crippen molar-refractivity contribution in [3.63, 3.8) is 0 Å². The molecule has 4 bridgehead atoms. The van der Waals surface area contributed by atoms with Crippen LogP contribution in [-0.2, 0) is 0 Å². The van der Waals surface area contributed by atoms with Gasteiger partial charge in [0.15, 0.2) is 0 Å². The van der Waals surface area contributed by atoms with Crippen molar-refractivity contribution in [2.24, 2.45) is 0 Å². The number of rotatable bonds is 8. The van der Waals surface area contributed by atoms with E-state index in [0.717, 1.165) is 11.7 Å². The van der Waals surface area contributed by atoms with E-state index >= 15 is 0 Å². The molecule has 0 aromatic heterocycles. The molecule has 4 aliphatic rings. The van der Waals surface area contributed by atoms with E-state index in [1.807, 2.05) is 0 Å². The van der Waals surface area contributed by atoms with Crippen LogP contribution < -0.4 is 0 Å². The van der Waals surface area contributed by atoms with Crippen molar-refractivity contribution < 1.29 is 0 Å². The third-order valence-electron chi connectivity index (χ3n) is 3.76. The number of hydrogen-bond donors (Lipinski definition) is 0. The Morgan fingerprint density at radius 3 is 1.65 bits per heavy atom. The second kappa shape index (κ2) is 9.68. The zero-order valence-electron chi connectivity index (χ0n) is 12.3. The lowest BCUT2D eigenvalue weighted by Crippen LogP contribution is -2.43. The second-order valence-corrected chi connectivity index (χ2v) is 21.8. The highest BCUT2D eigenvalue weighted by Gasteiger charge is 2.58. The van der Waals surface area contributed by atoms with Crippen molar-refractivity contribution in [1.29, 1.82) is 0 Å². The molecule has 0 spiro atoms. The van der Waals surface area contributed by atoms with Gasteiger partial charge in [-0.05, 0) is 25.7 Å². The first-order valence-electron chi connectivity index (χ1n) is 7.46. The summed E-state index contributed by atoms with van der Waals surface area (Å²) in [7, 11) is 0. The van der Waals surface area contributed by atoms with E-state index in [2.05, 4.69) is 141 Å². The summed E-state index contributed by atoms with van der Waals surface area (Å²) in [5.74, 6) is 0. The summed E-state index contributed by atoms with van der Waals surface area (Å²) < 4.78 is 2.54. The molecule has 0 aromatic rings. The van der Waals surface area contributed by atoms with Crippen LogP contribution >= 0.6 is 134 Å². The second-order valence-electron chi connectivity index (χ2n) is 5.61. The van der Waals surface area contributed by atoms with Crippen LogP contribution in [0.4, 0.5) is 0 Å². The summed E-state index contributed by atoms with van der Waals surface area (Å²) in [6.45, 7) is 2.24. The Morgan fingerprint density at radius 1 is 0.739 bits per heavy atom. The molecular formula is C13H18Br4S6. The van der Waals surface area contributed by atoms with Crippen LogP contribution in [0.25, 0.3) is 0 Å². The predicted molar refractivity (Wildman–Crippen MR) is 135 cm³/mol. The van der Waals surface area contributed by atoms with Gasteiger partial charge in [-0.2, -0.15) is 0 Å². The summed E-state index contributed by atoms with van der Waals surface area (Å²) in [4.78, 5) is 2.33. The maximum Gasteiger partial charge on any atom is 0.125 e. The van der Waals surface area contributed by atoms with E-state index in [4.69, 9.17) is 0 Å². The number of thioether (sulfide) groups is 6. The minimum Gasteiger partial charge on any atom is -0.111 e. The molecule has 23 heavy (non-hydrogen) atoms. The average Bonchev–Trinajstić information content (AvgIpc) is 2.45. The van der Waals surface area contributed by atoms with E-state index in [9.17, 15) is 0 Å². The van der Waals surface area contributed by atoms with Crippen LogP contribution in [0.1, 0.15) is 32.6 Å². The summed E-state index contributed by atoms with van der Waals surface area (Å²) >= 11 is 28.7. The molecule has 4 atom stereocenters. The van der Waals surface area contributed by atoms with Gasteiger partial charge in [0.2, 0.25) is 0 Å². The minimum absolute atomic E-state index is 0.316. The molecule has 0 radical (unpaired) electrons. The van der Waals surface area contributed by atoms with Gasteiger partial charge in [-0.25, -0.2) is 0 Å². The molecule has 134 valence electrons. The summed E-state index contributed by atoms with van der Waals surface area (Å²) in [6, 6.07) is 0. The highest BCUT2D eigenvalue weighted by atomic mass is 79.9. The van der Waals surface area contributed by atoms with Crippen LogP contribution in [0.3, 0.4) is 0 Å². The first kappa shape index (κ1) is 21.7. The Morgan fingerprint density at radius 2 is 1.17 bits per heavy atom. The van der Waals surface area contributed by atoms with Gasteiger partial charge in [-0.1, -0.05) is 70.6 Å². The Bertz CT molecular complexity index is 379. The topological polar surface area (TPSA) is 0 Å². The summed E-state index contributed by atoms with van der Waals surface area (Å²) in [5, 5.41) is 0. The van der Waals surface area contributed by atoms with Crippen molar-refractivity contribution in [3.05, 3.63) is 0 Å². The number of hydrogen-bond acceptors (Lipinski definition) is 6. The fraction of sp³-hybridized carbons (Fsp3) is 1.00. The van der Waals surface area contributed by atoms with Crippen LogP contribution in [-0.4, -0.2) is 34.5 Å². The third kappa shape index (κ3) is 5.77. The Balaban J connectivity index is 1.51. The minimum atomic E-state index is 0.316. The van der Waals surface area contributed by atoms with Crippen molar-refractivity contribution in [3.8, 4) is 0 Å². The number of alkyl halides is 4. The highest BCUT2D eigenvalue weighted by Crippen LogP contribution is 2.78. The van der Waals surface area contributed by atoms with Gasteiger partial charge in [-0.3, -0.25) is 0 Å². The molecule has 0 aliphatic carbocycles. The largest absolute Gasteiger partial charge is 0.125 e. The van der Waals surface area contributed by atoms with Crippen LogP contribution in [0.5, 0.6) is 0 Å². The third-order valence-corrected chi connectivity index (χ3v) is 19.5.